The fourth-order valence-electron chi connectivity index (χ4n) is 2.30. The Kier molecular flexibility index (Phi) is 6.41. The first-order valence-electron chi connectivity index (χ1n) is 7.63. The van der Waals surface area contributed by atoms with E-state index >= 15 is 0 Å². The lowest BCUT2D eigenvalue weighted by Gasteiger charge is -2.32. The van der Waals surface area contributed by atoms with Crippen LogP contribution in [-0.4, -0.2) is 74.5 Å². The number of carbonyl (C=O) groups excluding carboxylic acids is 3. The van der Waals surface area contributed by atoms with Gasteiger partial charge in [0.15, 0.2) is 18.1 Å². The Morgan fingerprint density at radius 2 is 1.83 bits per heavy atom. The van der Waals surface area contributed by atoms with E-state index in [1.807, 2.05) is 0 Å². The third-order valence-electron chi connectivity index (χ3n) is 3.68. The second-order valence-corrected chi connectivity index (χ2v) is 5.24. The van der Waals surface area contributed by atoms with Crippen LogP contribution in [0, 0.1) is 0 Å². The third-order valence-corrected chi connectivity index (χ3v) is 3.68. The molecular weight excluding hydrogens is 314 g/mol. The van der Waals surface area contributed by atoms with Crippen molar-refractivity contribution in [3.8, 4) is 11.5 Å². The topological polar surface area (TPSA) is 88.2 Å². The van der Waals surface area contributed by atoms with Crippen LogP contribution in [0.3, 0.4) is 0 Å². The van der Waals surface area contributed by atoms with Gasteiger partial charge in [-0.15, -0.1) is 0 Å². The summed E-state index contributed by atoms with van der Waals surface area (Å²) in [4.78, 5) is 37.7. The minimum absolute atomic E-state index is 0.0881. The molecule has 0 bridgehead atoms. The first-order valence-corrected chi connectivity index (χ1v) is 7.63. The van der Waals surface area contributed by atoms with Gasteiger partial charge in [-0.25, -0.2) is 0 Å². The molecule has 1 N–H and O–H groups in total. The van der Waals surface area contributed by atoms with Gasteiger partial charge in [0.05, 0.1) is 13.7 Å². The lowest BCUT2D eigenvalue weighted by Crippen LogP contribution is -2.51. The van der Waals surface area contributed by atoms with E-state index in [0.29, 0.717) is 37.7 Å². The molecule has 8 heteroatoms. The molecule has 2 rings (SSSR count). The van der Waals surface area contributed by atoms with Crippen LogP contribution in [0.2, 0.25) is 0 Å². The van der Waals surface area contributed by atoms with Crippen LogP contribution in [0.25, 0.3) is 0 Å². The minimum atomic E-state index is -0.388. The standard InChI is InChI=1S/C16H21N3O5/c1-23-13-4-2-3-5-14(13)24-11-15(21)17-10-16(22)19-8-6-18(12-20)7-9-19/h2-5,12H,6-11H2,1H3,(H,17,21). The predicted molar refractivity (Wildman–Crippen MR) is 85.7 cm³/mol. The molecule has 1 aromatic carbocycles. The molecule has 1 fully saturated rings. The zero-order chi connectivity index (χ0) is 17.4. The van der Waals surface area contributed by atoms with E-state index in [2.05, 4.69) is 5.32 Å². The lowest BCUT2D eigenvalue weighted by atomic mass is 10.3. The van der Waals surface area contributed by atoms with Gasteiger partial charge in [0.2, 0.25) is 12.3 Å². The maximum atomic E-state index is 12.0. The first kappa shape index (κ1) is 17.6. The van der Waals surface area contributed by atoms with Crippen molar-refractivity contribution in [2.45, 2.75) is 0 Å². The van der Waals surface area contributed by atoms with Crippen LogP contribution >= 0.6 is 0 Å². The van der Waals surface area contributed by atoms with Gasteiger partial charge in [-0.2, -0.15) is 0 Å². The van der Waals surface area contributed by atoms with Gasteiger partial charge in [-0.1, -0.05) is 12.1 Å². The number of carbonyl (C=O) groups is 3. The van der Waals surface area contributed by atoms with Gasteiger partial charge >= 0.3 is 0 Å². The van der Waals surface area contributed by atoms with Crippen LogP contribution in [-0.2, 0) is 14.4 Å². The number of nitrogens with one attached hydrogen (secondary N) is 1. The van der Waals surface area contributed by atoms with Gasteiger partial charge in [0.25, 0.3) is 5.91 Å². The molecule has 24 heavy (non-hydrogen) atoms. The van der Waals surface area contributed by atoms with Crippen LogP contribution in [0.4, 0.5) is 0 Å². The summed E-state index contributed by atoms with van der Waals surface area (Å²) >= 11 is 0. The third kappa shape index (κ3) is 4.87. The Hall–Kier alpha value is -2.77. The van der Waals surface area contributed by atoms with Crippen LogP contribution < -0.4 is 14.8 Å². The SMILES string of the molecule is COc1ccccc1OCC(=O)NCC(=O)N1CCN(C=O)CC1. The fourth-order valence-corrected chi connectivity index (χ4v) is 2.30. The summed E-state index contributed by atoms with van der Waals surface area (Å²) in [6, 6.07) is 7.01. The summed E-state index contributed by atoms with van der Waals surface area (Å²) in [6.45, 7) is 1.69. The van der Waals surface area contributed by atoms with Crippen LogP contribution in [0.1, 0.15) is 0 Å². The van der Waals surface area contributed by atoms with Crippen molar-refractivity contribution in [2.24, 2.45) is 0 Å². The average Bonchev–Trinajstić information content (AvgIpc) is 2.64. The van der Waals surface area contributed by atoms with E-state index in [1.165, 1.54) is 7.11 Å². The molecule has 1 aromatic rings. The number of hydrogen-bond donors (Lipinski definition) is 1. The number of methoxy groups -OCH3 is 1. The van der Waals surface area contributed by atoms with E-state index in [0.717, 1.165) is 6.41 Å². The van der Waals surface area contributed by atoms with E-state index in [1.54, 1.807) is 34.1 Å². The molecule has 1 saturated heterocycles. The molecule has 0 atom stereocenters. The Morgan fingerprint density at radius 1 is 1.17 bits per heavy atom. The molecule has 0 spiro atoms. The van der Waals surface area contributed by atoms with Gasteiger partial charge in [0.1, 0.15) is 0 Å². The molecule has 0 aromatic heterocycles. The zero-order valence-electron chi connectivity index (χ0n) is 13.6. The monoisotopic (exact) mass is 335 g/mol. The summed E-state index contributed by atoms with van der Waals surface area (Å²) in [7, 11) is 1.52. The molecule has 3 amide bonds. The summed E-state index contributed by atoms with van der Waals surface area (Å²) in [6.07, 6.45) is 0.777. The van der Waals surface area contributed by atoms with Gasteiger partial charge in [0, 0.05) is 26.2 Å². The second kappa shape index (κ2) is 8.76. The van der Waals surface area contributed by atoms with Crippen molar-refractivity contribution in [2.75, 3.05) is 46.4 Å². The number of benzene rings is 1. The van der Waals surface area contributed by atoms with Gasteiger partial charge in [-0.3, -0.25) is 14.4 Å². The normalized spacial score (nSPS) is 14.0. The molecule has 0 aliphatic carbocycles. The number of piperazine rings is 1. The summed E-state index contributed by atoms with van der Waals surface area (Å²) in [5.74, 6) is 0.438. The molecule has 1 heterocycles. The molecule has 1 aliphatic heterocycles. The van der Waals surface area contributed by atoms with Crippen molar-refractivity contribution >= 4 is 18.2 Å². The highest BCUT2D eigenvalue weighted by molar-refractivity contribution is 5.85. The van der Waals surface area contributed by atoms with Crippen molar-refractivity contribution < 1.29 is 23.9 Å². The number of para-hydroxylation sites is 2. The quantitative estimate of drug-likeness (QED) is 0.678. The summed E-state index contributed by atoms with van der Waals surface area (Å²) < 4.78 is 10.5. The van der Waals surface area contributed by atoms with Crippen molar-refractivity contribution in [3.63, 3.8) is 0 Å². The Bertz CT molecular complexity index is 585. The fraction of sp³-hybridized carbons (Fsp3) is 0.438. The number of rotatable bonds is 7. The summed E-state index contributed by atoms with van der Waals surface area (Å²) in [5.41, 5.74) is 0. The summed E-state index contributed by atoms with van der Waals surface area (Å²) in [5, 5.41) is 2.53. The molecule has 130 valence electrons. The molecule has 0 saturated carbocycles. The van der Waals surface area contributed by atoms with Gasteiger partial charge in [-0.05, 0) is 12.1 Å². The minimum Gasteiger partial charge on any atom is -0.493 e. The highest BCUT2D eigenvalue weighted by atomic mass is 16.5. The average molecular weight is 335 g/mol. The molecular formula is C16H21N3O5. The molecule has 0 radical (unpaired) electrons. The van der Waals surface area contributed by atoms with Gasteiger partial charge < -0.3 is 24.6 Å². The smallest absolute Gasteiger partial charge is 0.258 e. The largest absolute Gasteiger partial charge is 0.493 e. The lowest BCUT2D eigenvalue weighted by molar-refractivity contribution is -0.136. The Balaban J connectivity index is 1.71. The maximum absolute atomic E-state index is 12.0. The van der Waals surface area contributed by atoms with E-state index in [4.69, 9.17) is 9.47 Å². The molecule has 0 unspecified atom stereocenters. The zero-order valence-corrected chi connectivity index (χ0v) is 13.6. The number of hydrogen-bond acceptors (Lipinski definition) is 5. The van der Waals surface area contributed by atoms with Crippen molar-refractivity contribution in [1.82, 2.24) is 15.1 Å². The molecule has 8 nitrogen and oxygen atoms in total. The van der Waals surface area contributed by atoms with Crippen LogP contribution in [0.15, 0.2) is 24.3 Å². The number of ether oxygens (including phenoxy) is 2. The number of nitrogens with zero attached hydrogens (tertiary/aromatic N) is 2. The predicted octanol–water partition coefficient (Wildman–Crippen LogP) is -0.509. The Morgan fingerprint density at radius 3 is 2.46 bits per heavy atom. The number of amides is 3. The highest BCUT2D eigenvalue weighted by Gasteiger charge is 2.20. The first-order chi connectivity index (χ1) is 11.6. The second-order valence-electron chi connectivity index (χ2n) is 5.24. The van der Waals surface area contributed by atoms with Crippen LogP contribution in [0.5, 0.6) is 11.5 Å². The van der Waals surface area contributed by atoms with E-state index in [-0.39, 0.29) is 25.0 Å². The van der Waals surface area contributed by atoms with Crippen molar-refractivity contribution in [1.29, 1.82) is 0 Å². The van der Waals surface area contributed by atoms with E-state index < -0.39 is 0 Å². The van der Waals surface area contributed by atoms with Crippen molar-refractivity contribution in [3.05, 3.63) is 24.3 Å². The van der Waals surface area contributed by atoms with E-state index in [9.17, 15) is 14.4 Å². The maximum Gasteiger partial charge on any atom is 0.258 e. The highest BCUT2D eigenvalue weighted by Crippen LogP contribution is 2.25. The Labute approximate surface area is 140 Å². The molecule has 1 aliphatic rings.